The number of hydrogen-bond donors (Lipinski definition) is 0. The third-order valence-corrected chi connectivity index (χ3v) is 6.65. The molecule has 2 aliphatic heterocycles. The van der Waals surface area contributed by atoms with Crippen LogP contribution in [0.5, 0.6) is 0 Å². The molecule has 2 atom stereocenters. The van der Waals surface area contributed by atoms with Gasteiger partial charge in [-0.1, -0.05) is 30.3 Å². The second kappa shape index (κ2) is 6.72. The molecule has 0 saturated carbocycles. The van der Waals surface area contributed by atoms with E-state index in [1.54, 1.807) is 19.0 Å². The monoisotopic (exact) mass is 351 g/mol. The third kappa shape index (κ3) is 3.57. The summed E-state index contributed by atoms with van der Waals surface area (Å²) in [4.78, 5) is 17.9. The number of carbonyl (C=O) groups is 1. The fraction of sp³-hybridized carbons (Fsp3) is 0.588. The van der Waals surface area contributed by atoms with Gasteiger partial charge in [-0.3, -0.25) is 4.90 Å². The van der Waals surface area contributed by atoms with Crippen molar-refractivity contribution in [3.8, 4) is 0 Å². The summed E-state index contributed by atoms with van der Waals surface area (Å²) in [7, 11) is 0.331. The summed E-state index contributed by atoms with van der Waals surface area (Å²) < 4.78 is 24.4. The Balaban J connectivity index is 1.73. The third-order valence-electron chi connectivity index (χ3n) is 4.95. The largest absolute Gasteiger partial charge is 0.331 e. The van der Waals surface area contributed by atoms with Crippen molar-refractivity contribution in [3.63, 3.8) is 0 Å². The van der Waals surface area contributed by atoms with Crippen LogP contribution in [-0.2, 0) is 16.3 Å². The minimum absolute atomic E-state index is 0.0824. The summed E-state index contributed by atoms with van der Waals surface area (Å²) in [6.07, 6.45) is 0.895. The molecule has 1 aromatic carbocycles. The van der Waals surface area contributed by atoms with Crippen molar-refractivity contribution >= 4 is 15.9 Å². The van der Waals surface area contributed by atoms with Gasteiger partial charge in [-0.05, 0) is 12.0 Å². The molecular weight excluding hydrogens is 326 g/mol. The Bertz CT molecular complexity index is 690. The predicted molar refractivity (Wildman–Crippen MR) is 93.7 cm³/mol. The summed E-state index contributed by atoms with van der Waals surface area (Å²) in [5.74, 6) is 0.239. The zero-order valence-corrected chi connectivity index (χ0v) is 15.1. The fourth-order valence-corrected chi connectivity index (χ4v) is 5.73. The number of benzene rings is 1. The Kier molecular flexibility index (Phi) is 4.83. The number of amides is 2. The molecule has 0 radical (unpaired) electrons. The molecule has 1 aromatic rings. The molecule has 2 saturated heterocycles. The molecule has 24 heavy (non-hydrogen) atoms. The van der Waals surface area contributed by atoms with Crippen molar-refractivity contribution in [2.24, 2.45) is 0 Å². The molecule has 0 spiro atoms. The molecule has 2 aliphatic rings. The number of sulfone groups is 1. The Morgan fingerprint density at radius 2 is 1.79 bits per heavy atom. The van der Waals surface area contributed by atoms with Crippen LogP contribution in [0, 0.1) is 0 Å². The fourth-order valence-electron chi connectivity index (χ4n) is 3.71. The van der Waals surface area contributed by atoms with Crippen LogP contribution in [0.4, 0.5) is 4.79 Å². The Morgan fingerprint density at radius 1 is 1.12 bits per heavy atom. The van der Waals surface area contributed by atoms with Gasteiger partial charge in [0.25, 0.3) is 0 Å². The topological polar surface area (TPSA) is 60.9 Å². The standard InChI is InChI=1S/C17H25N3O3S/c1-18(2)17(21)20-11-10-19(9-8-14-6-4-3-5-7-14)15-12-24(22,23)13-16(15)20/h3-7,15-16H,8-13H2,1-2H3/t15-,16+/m1/s1. The van der Waals surface area contributed by atoms with E-state index in [2.05, 4.69) is 17.0 Å². The van der Waals surface area contributed by atoms with E-state index in [1.165, 1.54) is 10.5 Å². The second-order valence-electron chi connectivity index (χ2n) is 6.85. The summed E-state index contributed by atoms with van der Waals surface area (Å²) in [6, 6.07) is 9.81. The zero-order chi connectivity index (χ0) is 17.3. The van der Waals surface area contributed by atoms with Crippen LogP contribution in [0.2, 0.25) is 0 Å². The number of fused-ring (bicyclic) bond motifs is 1. The highest BCUT2D eigenvalue weighted by molar-refractivity contribution is 7.91. The van der Waals surface area contributed by atoms with Crippen molar-refractivity contribution in [1.29, 1.82) is 0 Å². The molecule has 2 heterocycles. The van der Waals surface area contributed by atoms with E-state index in [0.717, 1.165) is 19.5 Å². The summed E-state index contributed by atoms with van der Waals surface area (Å²) in [5, 5.41) is 0. The molecule has 0 unspecified atom stereocenters. The molecule has 0 aliphatic carbocycles. The lowest BCUT2D eigenvalue weighted by Crippen LogP contribution is -2.62. The molecule has 7 heteroatoms. The average molecular weight is 351 g/mol. The highest BCUT2D eigenvalue weighted by Crippen LogP contribution is 2.27. The van der Waals surface area contributed by atoms with Crippen molar-refractivity contribution in [2.75, 3.05) is 45.2 Å². The first-order valence-electron chi connectivity index (χ1n) is 8.34. The van der Waals surface area contributed by atoms with E-state index in [4.69, 9.17) is 0 Å². The number of hydrogen-bond acceptors (Lipinski definition) is 4. The number of carbonyl (C=O) groups excluding carboxylic acids is 1. The zero-order valence-electron chi connectivity index (χ0n) is 14.3. The second-order valence-corrected chi connectivity index (χ2v) is 9.01. The Hall–Kier alpha value is -1.60. The SMILES string of the molecule is CN(C)C(=O)N1CCN(CCc2ccccc2)[C@@H]2CS(=O)(=O)C[C@@H]21. The Labute approximate surface area is 144 Å². The van der Waals surface area contributed by atoms with E-state index in [9.17, 15) is 13.2 Å². The highest BCUT2D eigenvalue weighted by Gasteiger charge is 2.48. The molecule has 6 nitrogen and oxygen atoms in total. The first-order valence-corrected chi connectivity index (χ1v) is 10.2. The van der Waals surface area contributed by atoms with E-state index in [0.29, 0.717) is 6.54 Å². The van der Waals surface area contributed by atoms with Crippen LogP contribution < -0.4 is 0 Å². The van der Waals surface area contributed by atoms with Crippen LogP contribution in [0.3, 0.4) is 0 Å². The van der Waals surface area contributed by atoms with Crippen LogP contribution >= 0.6 is 0 Å². The maximum atomic E-state index is 12.4. The maximum absolute atomic E-state index is 12.4. The molecule has 0 bridgehead atoms. The molecule has 2 amide bonds. The van der Waals surface area contributed by atoms with Crippen molar-refractivity contribution in [2.45, 2.75) is 18.5 Å². The van der Waals surface area contributed by atoms with Gasteiger partial charge in [0.05, 0.1) is 17.5 Å². The molecule has 2 fully saturated rings. The number of piperazine rings is 1. The van der Waals surface area contributed by atoms with Gasteiger partial charge in [0, 0.05) is 39.8 Å². The average Bonchev–Trinajstić information content (AvgIpc) is 2.88. The lowest BCUT2D eigenvalue weighted by molar-refractivity contribution is 0.0573. The lowest BCUT2D eigenvalue weighted by atomic mass is 10.0. The quantitative estimate of drug-likeness (QED) is 0.804. The van der Waals surface area contributed by atoms with E-state index in [-0.39, 0.29) is 29.6 Å². The molecule has 0 N–H and O–H groups in total. The number of rotatable bonds is 3. The van der Waals surface area contributed by atoms with Crippen molar-refractivity contribution in [1.82, 2.24) is 14.7 Å². The summed E-state index contributed by atoms with van der Waals surface area (Å²) in [6.45, 7) is 2.14. The van der Waals surface area contributed by atoms with Crippen LogP contribution in [0.25, 0.3) is 0 Å². The molecule has 0 aromatic heterocycles. The maximum Gasteiger partial charge on any atom is 0.319 e. The minimum Gasteiger partial charge on any atom is -0.331 e. The van der Waals surface area contributed by atoms with Gasteiger partial charge >= 0.3 is 6.03 Å². The van der Waals surface area contributed by atoms with Gasteiger partial charge in [0.15, 0.2) is 9.84 Å². The van der Waals surface area contributed by atoms with Crippen LogP contribution in [0.15, 0.2) is 30.3 Å². The molecular formula is C17H25N3O3S. The lowest BCUT2D eigenvalue weighted by Gasteiger charge is -2.44. The van der Waals surface area contributed by atoms with Crippen molar-refractivity contribution < 1.29 is 13.2 Å². The normalized spacial score (nSPS) is 26.2. The number of nitrogens with zero attached hydrogens (tertiary/aromatic N) is 3. The predicted octanol–water partition coefficient (Wildman–Crippen LogP) is 0.694. The van der Waals surface area contributed by atoms with Gasteiger partial charge < -0.3 is 9.80 Å². The molecule has 132 valence electrons. The van der Waals surface area contributed by atoms with Crippen LogP contribution in [0.1, 0.15) is 5.56 Å². The highest BCUT2D eigenvalue weighted by atomic mass is 32.2. The van der Waals surface area contributed by atoms with Crippen LogP contribution in [-0.4, -0.2) is 86.5 Å². The van der Waals surface area contributed by atoms with Crippen molar-refractivity contribution in [3.05, 3.63) is 35.9 Å². The summed E-state index contributed by atoms with van der Waals surface area (Å²) >= 11 is 0. The van der Waals surface area contributed by atoms with E-state index < -0.39 is 9.84 Å². The van der Waals surface area contributed by atoms with E-state index in [1.807, 2.05) is 18.2 Å². The smallest absolute Gasteiger partial charge is 0.319 e. The van der Waals surface area contributed by atoms with Gasteiger partial charge in [-0.2, -0.15) is 0 Å². The minimum atomic E-state index is -3.09. The van der Waals surface area contributed by atoms with E-state index >= 15 is 0 Å². The summed E-state index contributed by atoms with van der Waals surface area (Å²) in [5.41, 5.74) is 1.25. The first kappa shape index (κ1) is 17.2. The van der Waals surface area contributed by atoms with Gasteiger partial charge in [-0.25, -0.2) is 13.2 Å². The molecule has 3 rings (SSSR count). The van der Waals surface area contributed by atoms with Gasteiger partial charge in [0.1, 0.15) is 0 Å². The first-order chi connectivity index (χ1) is 11.4. The Morgan fingerprint density at radius 3 is 2.46 bits per heavy atom. The van der Waals surface area contributed by atoms with Gasteiger partial charge in [0.2, 0.25) is 0 Å². The number of urea groups is 1. The van der Waals surface area contributed by atoms with Gasteiger partial charge in [-0.15, -0.1) is 0 Å².